The van der Waals surface area contributed by atoms with E-state index in [-0.39, 0.29) is 12.0 Å². The fourth-order valence-electron chi connectivity index (χ4n) is 4.66. The summed E-state index contributed by atoms with van der Waals surface area (Å²) in [7, 11) is 0. The topological polar surface area (TPSA) is 105 Å². The molecule has 2 N–H and O–H groups in total. The molecule has 8 nitrogen and oxygen atoms in total. The Morgan fingerprint density at radius 3 is 2.67 bits per heavy atom. The lowest BCUT2D eigenvalue weighted by molar-refractivity contribution is -0.0597. The smallest absolute Gasteiger partial charge is 0.192 e. The maximum atomic E-state index is 10.0. The highest BCUT2D eigenvalue weighted by Crippen LogP contribution is 2.42. The van der Waals surface area contributed by atoms with Gasteiger partial charge in [-0.1, -0.05) is 6.07 Å². The highest BCUT2D eigenvalue weighted by atomic mass is 16.6. The molecular weight excluding hydrogens is 384 g/mol. The standard InChI is InChI=1S/C22H26N4O4/c1-13-20(15-3-4-16-18(9-15)30-14(2)24-16)25-17(11-27)21(23-13)26-7-5-22(6-8-26)10-19(28)29-12-22/h3-4,9,19,27-28H,5-8,10-12H2,1-2H3/t19-/m1/s1. The van der Waals surface area contributed by atoms with Gasteiger partial charge in [0.25, 0.3) is 0 Å². The molecule has 2 saturated heterocycles. The van der Waals surface area contributed by atoms with Crippen molar-refractivity contribution in [3.8, 4) is 11.3 Å². The molecule has 1 atom stereocenters. The molecule has 158 valence electrons. The van der Waals surface area contributed by atoms with Crippen molar-refractivity contribution in [2.45, 2.75) is 46.0 Å². The van der Waals surface area contributed by atoms with Crippen LogP contribution in [-0.2, 0) is 11.3 Å². The fourth-order valence-corrected chi connectivity index (χ4v) is 4.66. The Bertz CT molecular complexity index is 1090. The van der Waals surface area contributed by atoms with E-state index in [1.807, 2.05) is 32.0 Å². The second-order valence-electron chi connectivity index (χ2n) is 8.46. The number of piperidine rings is 1. The maximum Gasteiger partial charge on any atom is 0.192 e. The van der Waals surface area contributed by atoms with E-state index in [4.69, 9.17) is 19.1 Å². The summed E-state index contributed by atoms with van der Waals surface area (Å²) >= 11 is 0. The van der Waals surface area contributed by atoms with Gasteiger partial charge in [-0.3, -0.25) is 0 Å². The molecule has 4 heterocycles. The van der Waals surface area contributed by atoms with Crippen molar-refractivity contribution in [1.29, 1.82) is 0 Å². The SMILES string of the molecule is Cc1nc2ccc(-c3nc(CO)c(N4CCC5(CC4)CO[C@@H](O)C5)nc3C)cc2o1. The Hall–Kier alpha value is -2.55. The van der Waals surface area contributed by atoms with Crippen molar-refractivity contribution in [3.63, 3.8) is 0 Å². The molecule has 5 rings (SSSR count). The Labute approximate surface area is 174 Å². The average Bonchev–Trinajstić information content (AvgIpc) is 3.29. The molecule has 1 aromatic carbocycles. The lowest BCUT2D eigenvalue weighted by atomic mass is 9.77. The number of anilines is 1. The molecule has 1 spiro atoms. The van der Waals surface area contributed by atoms with Crippen LogP contribution in [0.3, 0.4) is 0 Å². The van der Waals surface area contributed by atoms with E-state index >= 15 is 0 Å². The first-order valence-electron chi connectivity index (χ1n) is 10.4. The summed E-state index contributed by atoms with van der Waals surface area (Å²) in [6.45, 7) is 5.81. The van der Waals surface area contributed by atoms with Crippen molar-refractivity contribution in [1.82, 2.24) is 15.0 Å². The quantitative estimate of drug-likeness (QED) is 0.679. The number of hydrogen-bond acceptors (Lipinski definition) is 8. The fraction of sp³-hybridized carbons (Fsp3) is 0.500. The van der Waals surface area contributed by atoms with Gasteiger partial charge in [-0.2, -0.15) is 0 Å². The van der Waals surface area contributed by atoms with Gasteiger partial charge in [-0.05, 0) is 31.9 Å². The first kappa shape index (κ1) is 19.4. The second kappa shape index (κ2) is 7.30. The number of nitrogens with zero attached hydrogens (tertiary/aromatic N) is 4. The van der Waals surface area contributed by atoms with E-state index in [2.05, 4.69) is 9.88 Å². The molecule has 2 fully saturated rings. The second-order valence-corrected chi connectivity index (χ2v) is 8.46. The van der Waals surface area contributed by atoms with Crippen LogP contribution >= 0.6 is 0 Å². The van der Waals surface area contributed by atoms with E-state index in [1.165, 1.54) is 0 Å². The third-order valence-electron chi connectivity index (χ3n) is 6.35. The van der Waals surface area contributed by atoms with Crippen LogP contribution in [-0.4, -0.2) is 51.2 Å². The monoisotopic (exact) mass is 410 g/mol. The van der Waals surface area contributed by atoms with Gasteiger partial charge in [0.15, 0.2) is 23.6 Å². The summed E-state index contributed by atoms with van der Waals surface area (Å²) in [6.07, 6.45) is 1.91. The molecule has 0 aliphatic carbocycles. The van der Waals surface area contributed by atoms with Crippen molar-refractivity contribution in [3.05, 3.63) is 35.5 Å². The zero-order valence-corrected chi connectivity index (χ0v) is 17.3. The summed E-state index contributed by atoms with van der Waals surface area (Å²) in [5, 5.41) is 19.8. The maximum absolute atomic E-state index is 10.0. The minimum absolute atomic E-state index is 0.0579. The normalized spacial score (nSPS) is 21.1. The Kier molecular flexibility index (Phi) is 4.72. The number of oxazole rings is 1. The number of aliphatic hydroxyl groups is 2. The van der Waals surface area contributed by atoms with Crippen LogP contribution < -0.4 is 4.90 Å². The predicted octanol–water partition coefficient (Wildman–Crippen LogP) is 2.72. The summed E-state index contributed by atoms with van der Waals surface area (Å²) < 4.78 is 11.1. The molecular formula is C22H26N4O4. The Morgan fingerprint density at radius 2 is 1.97 bits per heavy atom. The van der Waals surface area contributed by atoms with Crippen LogP contribution in [0.25, 0.3) is 22.4 Å². The largest absolute Gasteiger partial charge is 0.441 e. The number of ether oxygens (including phenoxy) is 1. The molecule has 0 saturated carbocycles. The molecule has 0 radical (unpaired) electrons. The van der Waals surface area contributed by atoms with Gasteiger partial charge in [-0.15, -0.1) is 0 Å². The zero-order valence-electron chi connectivity index (χ0n) is 17.3. The van der Waals surface area contributed by atoms with Crippen LogP contribution in [0, 0.1) is 19.3 Å². The van der Waals surface area contributed by atoms with Crippen LogP contribution in [0.15, 0.2) is 22.6 Å². The summed E-state index contributed by atoms with van der Waals surface area (Å²) in [5.41, 5.74) is 4.58. The number of aliphatic hydroxyl groups excluding tert-OH is 2. The lowest BCUT2D eigenvalue weighted by Gasteiger charge is -2.39. The van der Waals surface area contributed by atoms with Gasteiger partial charge in [0.2, 0.25) is 0 Å². The van der Waals surface area contributed by atoms with Crippen molar-refractivity contribution < 1.29 is 19.4 Å². The van der Waals surface area contributed by atoms with Gasteiger partial charge in [-0.25, -0.2) is 15.0 Å². The molecule has 2 aliphatic rings. The minimum atomic E-state index is -0.642. The van der Waals surface area contributed by atoms with Crippen LogP contribution in [0.4, 0.5) is 5.82 Å². The van der Waals surface area contributed by atoms with Crippen molar-refractivity contribution in [2.24, 2.45) is 5.41 Å². The van der Waals surface area contributed by atoms with Crippen LogP contribution in [0.5, 0.6) is 0 Å². The number of hydrogen-bond donors (Lipinski definition) is 2. The predicted molar refractivity (Wildman–Crippen MR) is 111 cm³/mol. The minimum Gasteiger partial charge on any atom is -0.441 e. The summed E-state index contributed by atoms with van der Waals surface area (Å²) in [5.74, 6) is 1.36. The van der Waals surface area contributed by atoms with Gasteiger partial charge < -0.3 is 24.3 Å². The first-order chi connectivity index (χ1) is 14.5. The number of benzene rings is 1. The highest BCUT2D eigenvalue weighted by molar-refractivity contribution is 5.80. The molecule has 2 aromatic heterocycles. The molecule has 8 heteroatoms. The molecule has 3 aromatic rings. The van der Waals surface area contributed by atoms with Gasteiger partial charge >= 0.3 is 0 Å². The average molecular weight is 410 g/mol. The van der Waals surface area contributed by atoms with E-state index in [0.29, 0.717) is 30.2 Å². The molecule has 0 amide bonds. The van der Waals surface area contributed by atoms with Crippen LogP contribution in [0.1, 0.15) is 36.5 Å². The van der Waals surface area contributed by atoms with Crippen molar-refractivity contribution in [2.75, 3.05) is 24.6 Å². The lowest BCUT2D eigenvalue weighted by Crippen LogP contribution is -2.41. The highest BCUT2D eigenvalue weighted by Gasteiger charge is 2.42. The number of fused-ring (bicyclic) bond motifs is 1. The van der Waals surface area contributed by atoms with E-state index in [0.717, 1.165) is 54.2 Å². The third-order valence-corrected chi connectivity index (χ3v) is 6.35. The Morgan fingerprint density at radius 1 is 1.17 bits per heavy atom. The first-order valence-corrected chi connectivity index (χ1v) is 10.4. The van der Waals surface area contributed by atoms with Gasteiger partial charge in [0.05, 0.1) is 24.6 Å². The number of aryl methyl sites for hydroxylation is 2. The molecule has 0 unspecified atom stereocenters. The molecule has 0 bridgehead atoms. The van der Waals surface area contributed by atoms with Crippen molar-refractivity contribution >= 4 is 16.9 Å². The third kappa shape index (κ3) is 3.34. The summed E-state index contributed by atoms with van der Waals surface area (Å²) in [4.78, 5) is 16.1. The summed E-state index contributed by atoms with van der Waals surface area (Å²) in [6, 6.07) is 5.79. The van der Waals surface area contributed by atoms with E-state index < -0.39 is 6.29 Å². The Balaban J connectivity index is 1.44. The zero-order chi connectivity index (χ0) is 20.9. The number of aromatic nitrogens is 3. The van der Waals surface area contributed by atoms with E-state index in [1.54, 1.807) is 0 Å². The molecule has 30 heavy (non-hydrogen) atoms. The molecule has 2 aliphatic heterocycles. The number of rotatable bonds is 3. The van der Waals surface area contributed by atoms with E-state index in [9.17, 15) is 10.2 Å². The van der Waals surface area contributed by atoms with Crippen LogP contribution in [0.2, 0.25) is 0 Å². The van der Waals surface area contributed by atoms with Gasteiger partial charge in [0.1, 0.15) is 11.2 Å². The van der Waals surface area contributed by atoms with Gasteiger partial charge in [0, 0.05) is 37.4 Å².